The van der Waals surface area contributed by atoms with Gasteiger partial charge in [0.1, 0.15) is 0 Å². The highest BCUT2D eigenvalue weighted by molar-refractivity contribution is 9.10. The fraction of sp³-hybridized carbons (Fsp3) is 0.455. The highest BCUT2D eigenvalue weighted by atomic mass is 79.9. The van der Waals surface area contributed by atoms with Crippen LogP contribution in [0.4, 0.5) is 0 Å². The van der Waals surface area contributed by atoms with Crippen LogP contribution < -0.4 is 11.3 Å². The zero-order valence-electron chi connectivity index (χ0n) is 8.84. The average molecular weight is 257 g/mol. The van der Waals surface area contributed by atoms with Crippen LogP contribution in [0.15, 0.2) is 22.7 Å². The van der Waals surface area contributed by atoms with Crippen molar-refractivity contribution in [1.82, 2.24) is 5.43 Å². The minimum atomic E-state index is 0.199. The van der Waals surface area contributed by atoms with Gasteiger partial charge in [-0.05, 0) is 30.0 Å². The molecule has 3 N–H and O–H groups in total. The first kappa shape index (κ1) is 11.7. The van der Waals surface area contributed by atoms with Gasteiger partial charge < -0.3 is 0 Å². The smallest absolute Gasteiger partial charge is 0.0494 e. The Bertz CT molecular complexity index is 310. The van der Waals surface area contributed by atoms with E-state index in [2.05, 4.69) is 60.3 Å². The quantitative estimate of drug-likeness (QED) is 0.645. The van der Waals surface area contributed by atoms with Crippen molar-refractivity contribution in [2.24, 2.45) is 11.8 Å². The maximum atomic E-state index is 5.54. The molecule has 14 heavy (non-hydrogen) atoms. The van der Waals surface area contributed by atoms with E-state index in [1.807, 2.05) is 0 Å². The summed E-state index contributed by atoms with van der Waals surface area (Å²) in [7, 11) is 0. The van der Waals surface area contributed by atoms with E-state index in [0.29, 0.717) is 5.92 Å². The number of hydrogen-bond donors (Lipinski definition) is 2. The van der Waals surface area contributed by atoms with Crippen LogP contribution in [0.1, 0.15) is 31.0 Å². The molecule has 0 aliphatic rings. The van der Waals surface area contributed by atoms with Crippen LogP contribution in [0.25, 0.3) is 0 Å². The first-order chi connectivity index (χ1) is 6.56. The second-order valence-electron chi connectivity index (χ2n) is 3.91. The molecule has 0 amide bonds. The zero-order valence-corrected chi connectivity index (χ0v) is 10.4. The van der Waals surface area contributed by atoms with Gasteiger partial charge in [-0.25, -0.2) is 0 Å². The third-order valence-corrected chi connectivity index (χ3v) is 3.02. The SMILES string of the molecule is Cc1ccc(C(NN)C(C)C)c(Br)c1. The average Bonchev–Trinajstić information content (AvgIpc) is 2.09. The summed E-state index contributed by atoms with van der Waals surface area (Å²) in [5, 5.41) is 0. The first-order valence-corrected chi connectivity index (χ1v) is 5.57. The lowest BCUT2D eigenvalue weighted by Gasteiger charge is -2.21. The van der Waals surface area contributed by atoms with Gasteiger partial charge in [-0.15, -0.1) is 0 Å². The molecular formula is C11H17BrN2. The van der Waals surface area contributed by atoms with E-state index >= 15 is 0 Å². The monoisotopic (exact) mass is 256 g/mol. The lowest BCUT2D eigenvalue weighted by atomic mass is 9.96. The predicted molar refractivity (Wildman–Crippen MR) is 63.8 cm³/mol. The number of hydrogen-bond acceptors (Lipinski definition) is 2. The number of rotatable bonds is 3. The normalized spacial score (nSPS) is 13.3. The molecule has 0 saturated heterocycles. The summed E-state index contributed by atoms with van der Waals surface area (Å²) in [5.41, 5.74) is 5.31. The number of nitrogens with one attached hydrogen (secondary N) is 1. The van der Waals surface area contributed by atoms with Crippen molar-refractivity contribution in [3.63, 3.8) is 0 Å². The third kappa shape index (κ3) is 2.56. The second-order valence-corrected chi connectivity index (χ2v) is 4.77. The van der Waals surface area contributed by atoms with Gasteiger partial charge in [0, 0.05) is 10.5 Å². The molecule has 0 saturated carbocycles. The molecule has 1 atom stereocenters. The molecule has 0 radical (unpaired) electrons. The fourth-order valence-electron chi connectivity index (χ4n) is 1.53. The Morgan fingerprint density at radius 2 is 2.00 bits per heavy atom. The van der Waals surface area contributed by atoms with Crippen LogP contribution in [0.3, 0.4) is 0 Å². The number of aryl methyl sites for hydroxylation is 1. The molecule has 1 rings (SSSR count). The second kappa shape index (κ2) is 4.91. The molecule has 0 spiro atoms. The van der Waals surface area contributed by atoms with Gasteiger partial charge in [-0.3, -0.25) is 11.3 Å². The van der Waals surface area contributed by atoms with Crippen LogP contribution in [0.2, 0.25) is 0 Å². The Hall–Kier alpha value is -0.380. The summed E-state index contributed by atoms with van der Waals surface area (Å²) in [6.45, 7) is 6.38. The Morgan fingerprint density at radius 1 is 1.36 bits per heavy atom. The molecule has 0 aromatic heterocycles. The zero-order chi connectivity index (χ0) is 10.7. The van der Waals surface area contributed by atoms with Crippen LogP contribution in [0, 0.1) is 12.8 Å². The number of halogens is 1. The van der Waals surface area contributed by atoms with Crippen molar-refractivity contribution < 1.29 is 0 Å². The molecule has 1 unspecified atom stereocenters. The van der Waals surface area contributed by atoms with Gasteiger partial charge in [-0.1, -0.05) is 41.9 Å². The highest BCUT2D eigenvalue weighted by Gasteiger charge is 2.16. The van der Waals surface area contributed by atoms with Gasteiger partial charge in [-0.2, -0.15) is 0 Å². The minimum absolute atomic E-state index is 0.199. The maximum Gasteiger partial charge on any atom is 0.0494 e. The van der Waals surface area contributed by atoms with Gasteiger partial charge >= 0.3 is 0 Å². The van der Waals surface area contributed by atoms with Gasteiger partial charge in [0.05, 0.1) is 0 Å². The van der Waals surface area contributed by atoms with Gasteiger partial charge in [0.2, 0.25) is 0 Å². The summed E-state index contributed by atoms with van der Waals surface area (Å²) < 4.78 is 1.12. The van der Waals surface area contributed by atoms with Gasteiger partial charge in [0.25, 0.3) is 0 Å². The lowest BCUT2D eigenvalue weighted by Crippen LogP contribution is -2.31. The maximum absolute atomic E-state index is 5.54. The molecule has 78 valence electrons. The number of nitrogens with two attached hydrogens (primary N) is 1. The Balaban J connectivity index is 3.04. The summed E-state index contributed by atoms with van der Waals surface area (Å²) in [4.78, 5) is 0. The largest absolute Gasteiger partial charge is 0.271 e. The predicted octanol–water partition coefficient (Wildman–Crippen LogP) is 2.92. The van der Waals surface area contributed by atoms with Crippen molar-refractivity contribution in [3.8, 4) is 0 Å². The lowest BCUT2D eigenvalue weighted by molar-refractivity contribution is 0.420. The van der Waals surface area contributed by atoms with Crippen molar-refractivity contribution in [2.45, 2.75) is 26.8 Å². The highest BCUT2D eigenvalue weighted by Crippen LogP contribution is 2.28. The van der Waals surface area contributed by atoms with Crippen LogP contribution in [-0.4, -0.2) is 0 Å². The van der Waals surface area contributed by atoms with Crippen molar-refractivity contribution in [1.29, 1.82) is 0 Å². The topological polar surface area (TPSA) is 38.0 Å². The van der Waals surface area contributed by atoms with E-state index < -0.39 is 0 Å². The van der Waals surface area contributed by atoms with Gasteiger partial charge in [0.15, 0.2) is 0 Å². The Kier molecular flexibility index (Phi) is 4.11. The Morgan fingerprint density at radius 3 is 2.43 bits per heavy atom. The molecule has 1 aromatic carbocycles. The van der Waals surface area contributed by atoms with E-state index in [1.165, 1.54) is 11.1 Å². The van der Waals surface area contributed by atoms with E-state index in [9.17, 15) is 0 Å². The summed E-state index contributed by atoms with van der Waals surface area (Å²) >= 11 is 3.56. The molecule has 0 bridgehead atoms. The minimum Gasteiger partial charge on any atom is -0.271 e. The molecule has 0 fully saturated rings. The molecule has 0 heterocycles. The van der Waals surface area contributed by atoms with Crippen LogP contribution >= 0.6 is 15.9 Å². The van der Waals surface area contributed by atoms with Crippen LogP contribution in [0.5, 0.6) is 0 Å². The summed E-state index contributed by atoms with van der Waals surface area (Å²) in [6.07, 6.45) is 0. The van der Waals surface area contributed by atoms with Crippen molar-refractivity contribution in [2.75, 3.05) is 0 Å². The van der Waals surface area contributed by atoms with Crippen LogP contribution in [-0.2, 0) is 0 Å². The molecule has 0 aliphatic carbocycles. The number of hydrazine groups is 1. The molecule has 2 nitrogen and oxygen atoms in total. The third-order valence-electron chi connectivity index (χ3n) is 2.34. The molecule has 0 aliphatic heterocycles. The van der Waals surface area contributed by atoms with E-state index in [0.717, 1.165) is 4.47 Å². The summed E-state index contributed by atoms with van der Waals surface area (Å²) in [6, 6.07) is 6.53. The molecule has 1 aromatic rings. The number of benzene rings is 1. The standard InChI is InChI=1S/C11H17BrN2/c1-7(2)11(14-13)9-5-4-8(3)6-10(9)12/h4-7,11,14H,13H2,1-3H3. The van der Waals surface area contributed by atoms with Crippen molar-refractivity contribution in [3.05, 3.63) is 33.8 Å². The van der Waals surface area contributed by atoms with Crippen molar-refractivity contribution >= 4 is 15.9 Å². The molecule has 3 heteroatoms. The summed E-state index contributed by atoms with van der Waals surface area (Å²) in [5.74, 6) is 6.01. The Labute approximate surface area is 94.0 Å². The van der Waals surface area contributed by atoms with E-state index in [-0.39, 0.29) is 6.04 Å². The molecular weight excluding hydrogens is 240 g/mol. The first-order valence-electron chi connectivity index (χ1n) is 4.78. The fourth-order valence-corrected chi connectivity index (χ4v) is 2.27. The van der Waals surface area contributed by atoms with E-state index in [1.54, 1.807) is 0 Å². The van der Waals surface area contributed by atoms with E-state index in [4.69, 9.17) is 5.84 Å².